The van der Waals surface area contributed by atoms with Gasteiger partial charge in [-0.3, -0.25) is 9.59 Å². The third-order valence-corrected chi connectivity index (χ3v) is 3.35. The maximum Gasteiger partial charge on any atom is 0.414 e. The number of hydrogen-bond acceptors (Lipinski definition) is 4. The van der Waals surface area contributed by atoms with Crippen LogP contribution < -0.4 is 0 Å². The minimum Gasteiger partial charge on any atom is -0.465 e. The molecule has 0 aromatic rings. The van der Waals surface area contributed by atoms with Crippen molar-refractivity contribution in [3.05, 3.63) is 6.54 Å². The molecule has 20 heavy (non-hydrogen) atoms. The van der Waals surface area contributed by atoms with Gasteiger partial charge in [0.05, 0.1) is 12.5 Å². The average molecular weight is 284 g/mol. The summed E-state index contributed by atoms with van der Waals surface area (Å²) < 4.78 is 5.15. The van der Waals surface area contributed by atoms with E-state index < -0.39 is 24.0 Å². The number of carbonyl (C=O) groups excluding carboxylic acids is 2. The number of β-lactam (4-membered cyclic amide) rings is 1. The van der Waals surface area contributed by atoms with E-state index in [1.807, 2.05) is 0 Å². The van der Waals surface area contributed by atoms with Crippen molar-refractivity contribution in [2.45, 2.75) is 58.5 Å². The Morgan fingerprint density at radius 1 is 1.35 bits per heavy atom. The van der Waals surface area contributed by atoms with E-state index in [0.717, 1.165) is 25.7 Å². The topological polar surface area (TPSA) is 83.9 Å². The number of amides is 2. The zero-order chi connectivity index (χ0) is 15.1. The Hall–Kier alpha value is -1.59. The second-order valence-corrected chi connectivity index (χ2v) is 5.02. The Labute approximate surface area is 119 Å². The lowest BCUT2D eigenvalue weighted by atomic mass is 9.94. The number of carboxylic acid groups (broad SMARTS) is 1. The highest BCUT2D eigenvalue weighted by Gasteiger charge is 2.45. The molecule has 1 rings (SSSR count). The fourth-order valence-electron chi connectivity index (χ4n) is 2.07. The summed E-state index contributed by atoms with van der Waals surface area (Å²) in [5.41, 5.74) is 0. The molecule has 6 nitrogen and oxygen atoms in total. The Morgan fingerprint density at radius 3 is 2.55 bits per heavy atom. The summed E-state index contributed by atoms with van der Waals surface area (Å²) in [4.78, 5) is 34.2. The van der Waals surface area contributed by atoms with Crippen LogP contribution in [0.25, 0.3) is 0 Å². The smallest absolute Gasteiger partial charge is 0.414 e. The van der Waals surface area contributed by atoms with Crippen LogP contribution in [0.4, 0.5) is 4.79 Å². The van der Waals surface area contributed by atoms with Crippen molar-refractivity contribution in [3.8, 4) is 0 Å². The number of likely N-dealkylation sites (tertiary alicyclic amines) is 1. The second-order valence-electron chi connectivity index (χ2n) is 5.02. The normalized spacial score (nSPS) is 19.4. The molecule has 0 aliphatic carbocycles. The maximum absolute atomic E-state index is 11.6. The number of imide groups is 1. The monoisotopic (exact) mass is 284 g/mol. The van der Waals surface area contributed by atoms with Crippen LogP contribution in [-0.2, 0) is 14.3 Å². The lowest BCUT2D eigenvalue weighted by molar-refractivity contribution is -0.158. The summed E-state index contributed by atoms with van der Waals surface area (Å²) in [6.07, 6.45) is 3.65. The number of carbonyl (C=O) groups is 3. The van der Waals surface area contributed by atoms with E-state index in [0.29, 0.717) is 11.3 Å². The minimum absolute atomic E-state index is 0.330. The van der Waals surface area contributed by atoms with Gasteiger partial charge in [0, 0.05) is 6.42 Å². The van der Waals surface area contributed by atoms with Crippen LogP contribution in [-0.4, -0.2) is 34.1 Å². The van der Waals surface area contributed by atoms with Crippen molar-refractivity contribution in [1.82, 2.24) is 4.90 Å². The van der Waals surface area contributed by atoms with Crippen molar-refractivity contribution >= 4 is 18.0 Å². The molecule has 1 heterocycles. The first-order valence-corrected chi connectivity index (χ1v) is 7.07. The van der Waals surface area contributed by atoms with E-state index in [1.54, 1.807) is 6.92 Å². The van der Waals surface area contributed by atoms with Gasteiger partial charge in [-0.1, -0.05) is 32.6 Å². The summed E-state index contributed by atoms with van der Waals surface area (Å²) in [6.45, 7) is 5.00. The molecule has 0 saturated carbocycles. The fraction of sp³-hybridized carbons (Fsp3) is 0.714. The van der Waals surface area contributed by atoms with Crippen molar-refractivity contribution in [2.75, 3.05) is 0 Å². The zero-order valence-electron chi connectivity index (χ0n) is 12.0. The first kappa shape index (κ1) is 16.5. The highest BCUT2D eigenvalue weighted by molar-refractivity contribution is 6.00. The zero-order valence-corrected chi connectivity index (χ0v) is 12.0. The predicted octanol–water partition coefficient (Wildman–Crippen LogP) is 2.58. The van der Waals surface area contributed by atoms with Crippen LogP contribution in [0, 0.1) is 12.5 Å². The van der Waals surface area contributed by atoms with Crippen molar-refractivity contribution in [1.29, 1.82) is 0 Å². The number of ether oxygens (including phenoxy) is 1. The number of esters is 1. The summed E-state index contributed by atoms with van der Waals surface area (Å²) in [7, 11) is 0. The number of unbranched alkanes of at least 4 members (excludes halogenated alkanes) is 4. The highest BCUT2D eigenvalue weighted by Crippen LogP contribution is 2.27. The van der Waals surface area contributed by atoms with Crippen molar-refractivity contribution in [2.24, 2.45) is 5.92 Å². The van der Waals surface area contributed by atoms with Gasteiger partial charge in [0.2, 0.25) is 5.91 Å². The summed E-state index contributed by atoms with van der Waals surface area (Å²) >= 11 is 0. The Morgan fingerprint density at radius 2 is 2.00 bits per heavy atom. The summed E-state index contributed by atoms with van der Waals surface area (Å²) in [6, 6.07) is 0. The van der Waals surface area contributed by atoms with Crippen molar-refractivity contribution in [3.63, 3.8) is 0 Å². The van der Waals surface area contributed by atoms with E-state index in [9.17, 15) is 14.4 Å². The van der Waals surface area contributed by atoms with E-state index in [4.69, 9.17) is 9.84 Å². The molecule has 6 heteroatoms. The van der Waals surface area contributed by atoms with E-state index in [1.165, 1.54) is 13.0 Å². The van der Waals surface area contributed by atoms with Crippen LogP contribution in [0.2, 0.25) is 0 Å². The van der Waals surface area contributed by atoms with Gasteiger partial charge < -0.3 is 9.84 Å². The molecule has 1 fully saturated rings. The molecular formula is C14H22NO5. The maximum atomic E-state index is 11.6. The van der Waals surface area contributed by atoms with Gasteiger partial charge in [-0.2, -0.15) is 0 Å². The molecule has 1 saturated heterocycles. The molecule has 2 amide bonds. The standard InChI is InChI=1S/C14H22NO5/c1-3-4-5-6-7-8-12(16)20-10(2)11-9-15(13(11)17)14(18)19/h9-11H,3-8H2,1-2H3,(H,18,19)/t10-,11+/m1/s1. The van der Waals surface area contributed by atoms with Crippen LogP contribution in [0.15, 0.2) is 0 Å². The van der Waals surface area contributed by atoms with Gasteiger partial charge in [-0.15, -0.1) is 0 Å². The Balaban J connectivity index is 2.19. The molecule has 1 aliphatic rings. The lowest BCUT2D eigenvalue weighted by Gasteiger charge is -2.36. The quantitative estimate of drug-likeness (QED) is 0.421. The van der Waals surface area contributed by atoms with E-state index in [-0.39, 0.29) is 5.97 Å². The molecule has 0 spiro atoms. The molecule has 1 radical (unpaired) electrons. The van der Waals surface area contributed by atoms with Gasteiger partial charge >= 0.3 is 12.1 Å². The van der Waals surface area contributed by atoms with Crippen molar-refractivity contribution < 1.29 is 24.2 Å². The number of nitrogens with zero attached hydrogens (tertiary/aromatic N) is 1. The van der Waals surface area contributed by atoms with Crippen LogP contribution in [0.1, 0.15) is 52.4 Å². The third kappa shape index (κ3) is 4.51. The summed E-state index contributed by atoms with van der Waals surface area (Å²) in [5.74, 6) is -1.51. The molecular weight excluding hydrogens is 262 g/mol. The molecule has 113 valence electrons. The second kappa shape index (κ2) is 7.87. The van der Waals surface area contributed by atoms with Gasteiger partial charge in [0.1, 0.15) is 6.10 Å². The lowest BCUT2D eigenvalue weighted by Crippen LogP contribution is -2.55. The first-order chi connectivity index (χ1) is 9.47. The Bertz CT molecular complexity index is 369. The third-order valence-electron chi connectivity index (χ3n) is 3.35. The van der Waals surface area contributed by atoms with Crippen LogP contribution >= 0.6 is 0 Å². The molecule has 1 N–H and O–H groups in total. The van der Waals surface area contributed by atoms with Gasteiger partial charge in [-0.05, 0) is 13.3 Å². The fourth-order valence-corrected chi connectivity index (χ4v) is 2.07. The largest absolute Gasteiger partial charge is 0.465 e. The molecule has 0 aromatic heterocycles. The molecule has 0 unspecified atom stereocenters. The highest BCUT2D eigenvalue weighted by atomic mass is 16.5. The SMILES string of the molecule is CCCCCCCC(=O)O[C@H](C)[C@@H]1[CH]N(C(=O)O)C1=O. The molecule has 2 atom stereocenters. The molecule has 0 aromatic carbocycles. The first-order valence-electron chi connectivity index (χ1n) is 7.07. The van der Waals surface area contributed by atoms with Gasteiger partial charge in [0.25, 0.3) is 0 Å². The van der Waals surface area contributed by atoms with E-state index in [2.05, 4.69) is 6.92 Å². The molecule has 1 aliphatic heterocycles. The predicted molar refractivity (Wildman–Crippen MR) is 71.6 cm³/mol. The Kier molecular flexibility index (Phi) is 6.48. The number of rotatable bonds is 8. The minimum atomic E-state index is -1.30. The van der Waals surface area contributed by atoms with E-state index >= 15 is 0 Å². The average Bonchev–Trinajstić information content (AvgIpc) is 2.36. The number of hydrogen-bond donors (Lipinski definition) is 1. The van der Waals surface area contributed by atoms with Gasteiger partial charge in [-0.25, -0.2) is 9.69 Å². The molecule has 0 bridgehead atoms. The summed E-state index contributed by atoms with van der Waals surface area (Å²) in [5, 5.41) is 8.64. The van der Waals surface area contributed by atoms with Crippen LogP contribution in [0.5, 0.6) is 0 Å². The van der Waals surface area contributed by atoms with Gasteiger partial charge in [0.15, 0.2) is 0 Å². The van der Waals surface area contributed by atoms with Crippen LogP contribution in [0.3, 0.4) is 0 Å².